The molecule has 0 radical (unpaired) electrons. The van der Waals surface area contributed by atoms with Gasteiger partial charge in [-0.3, -0.25) is 0 Å². The summed E-state index contributed by atoms with van der Waals surface area (Å²) in [6.07, 6.45) is 4.98. The third kappa shape index (κ3) is 9.92. The highest BCUT2D eigenvalue weighted by Gasteiger charge is 2.36. The van der Waals surface area contributed by atoms with Gasteiger partial charge < -0.3 is 15.4 Å². The molecule has 254 valence electrons. The SMILES string of the molecule is COCc1cc(NC2CCC(F)(F)CC2)nc(-n2ccc(C)n2)n1.Cc1ccn(-c2nc(CBr)cc(NC3CCC(F)(F)CC3)n2)n1. The highest BCUT2D eigenvalue weighted by atomic mass is 79.9. The predicted octanol–water partition coefficient (Wildman–Crippen LogP) is 6.96. The lowest BCUT2D eigenvalue weighted by molar-refractivity contribution is -0.0366. The lowest BCUT2D eigenvalue weighted by Crippen LogP contribution is -2.32. The molecule has 0 aliphatic heterocycles. The number of hydrogen-bond acceptors (Lipinski definition) is 9. The smallest absolute Gasteiger partial charge is 0.252 e. The number of rotatable bonds is 9. The molecule has 6 rings (SSSR count). The first kappa shape index (κ1) is 34.7. The first-order valence-corrected chi connectivity index (χ1v) is 16.7. The van der Waals surface area contributed by atoms with Crippen LogP contribution in [0.2, 0.25) is 0 Å². The molecule has 0 amide bonds. The standard InChI is InChI=1S/C16H21F2N5O.C15H18BrF2N5/c1-11-5-8-23(22-11)15-20-13(10-24-2)9-14(21-15)19-12-3-6-16(17,18)7-4-12;1-10-4-7-23(22-10)14-20-12(9-16)8-13(21-14)19-11-2-5-15(17,18)6-3-11/h5,8-9,12H,3-4,6-7,10H2,1-2H3,(H,19,20,21);4,7-8,11H,2-3,5-6,9H2,1H3,(H,19,20,21). The van der Waals surface area contributed by atoms with Gasteiger partial charge in [-0.2, -0.15) is 20.2 Å². The summed E-state index contributed by atoms with van der Waals surface area (Å²) in [6, 6.07) is 7.36. The first-order valence-electron chi connectivity index (χ1n) is 15.6. The topological polar surface area (TPSA) is 120 Å². The van der Waals surface area contributed by atoms with Gasteiger partial charge in [-0.25, -0.2) is 36.9 Å². The van der Waals surface area contributed by atoms with Crippen molar-refractivity contribution in [1.29, 1.82) is 0 Å². The van der Waals surface area contributed by atoms with Gasteiger partial charge in [0.25, 0.3) is 11.9 Å². The van der Waals surface area contributed by atoms with E-state index in [4.69, 9.17) is 4.74 Å². The molecule has 16 heteroatoms. The molecule has 2 aliphatic carbocycles. The monoisotopic (exact) mass is 722 g/mol. The third-order valence-electron chi connectivity index (χ3n) is 7.96. The average Bonchev–Trinajstić information content (AvgIpc) is 3.68. The van der Waals surface area contributed by atoms with Crippen molar-refractivity contribution in [2.24, 2.45) is 0 Å². The fourth-order valence-electron chi connectivity index (χ4n) is 5.45. The zero-order chi connectivity index (χ0) is 33.6. The van der Waals surface area contributed by atoms with Gasteiger partial charge in [0.1, 0.15) is 11.6 Å². The highest BCUT2D eigenvalue weighted by molar-refractivity contribution is 9.08. The van der Waals surface area contributed by atoms with Crippen LogP contribution in [-0.2, 0) is 16.7 Å². The minimum absolute atomic E-state index is 0.0119. The number of ether oxygens (including phenoxy) is 1. The van der Waals surface area contributed by atoms with Gasteiger partial charge in [-0.1, -0.05) is 15.9 Å². The number of halogens is 5. The predicted molar refractivity (Wildman–Crippen MR) is 173 cm³/mol. The van der Waals surface area contributed by atoms with Crippen molar-refractivity contribution in [2.75, 3.05) is 17.7 Å². The van der Waals surface area contributed by atoms with Gasteiger partial charge in [0, 0.05) is 74.7 Å². The summed E-state index contributed by atoms with van der Waals surface area (Å²) in [5, 5.41) is 15.7. The van der Waals surface area contributed by atoms with Crippen molar-refractivity contribution in [3.8, 4) is 11.9 Å². The van der Waals surface area contributed by atoms with Crippen molar-refractivity contribution in [1.82, 2.24) is 39.5 Å². The number of aromatic nitrogens is 8. The van der Waals surface area contributed by atoms with E-state index in [9.17, 15) is 17.6 Å². The summed E-state index contributed by atoms with van der Waals surface area (Å²) in [6.45, 7) is 4.12. The minimum atomic E-state index is -2.54. The molecular weight excluding hydrogens is 684 g/mol. The molecule has 0 atom stereocenters. The molecular formula is C31H39BrF4N10O. The number of hydrogen-bond donors (Lipinski definition) is 2. The minimum Gasteiger partial charge on any atom is -0.378 e. The average molecular weight is 724 g/mol. The van der Waals surface area contributed by atoms with E-state index in [0.717, 1.165) is 17.1 Å². The third-order valence-corrected chi connectivity index (χ3v) is 8.53. The molecule has 0 aromatic carbocycles. The number of nitrogens with zero attached hydrogens (tertiary/aromatic N) is 8. The Morgan fingerprint density at radius 1 is 0.745 bits per heavy atom. The molecule has 11 nitrogen and oxygen atoms in total. The summed E-state index contributed by atoms with van der Waals surface area (Å²) in [7, 11) is 1.59. The van der Waals surface area contributed by atoms with Gasteiger partial charge >= 0.3 is 0 Å². The molecule has 47 heavy (non-hydrogen) atoms. The number of methoxy groups -OCH3 is 1. The van der Waals surface area contributed by atoms with Crippen LogP contribution in [0.25, 0.3) is 11.9 Å². The normalized spacial score (nSPS) is 18.0. The molecule has 2 N–H and O–H groups in total. The van der Waals surface area contributed by atoms with Gasteiger partial charge in [0.2, 0.25) is 11.8 Å². The fourth-order valence-corrected chi connectivity index (χ4v) is 5.74. The van der Waals surface area contributed by atoms with E-state index in [1.54, 1.807) is 34.9 Å². The van der Waals surface area contributed by atoms with E-state index in [0.29, 0.717) is 66.8 Å². The first-order chi connectivity index (χ1) is 22.4. The van der Waals surface area contributed by atoms with Crippen LogP contribution in [0.4, 0.5) is 29.2 Å². The molecule has 2 saturated carbocycles. The van der Waals surface area contributed by atoms with Crippen LogP contribution in [0, 0.1) is 13.8 Å². The van der Waals surface area contributed by atoms with E-state index in [-0.39, 0.29) is 37.8 Å². The Labute approximate surface area is 279 Å². The highest BCUT2D eigenvalue weighted by Crippen LogP contribution is 2.35. The number of nitrogens with one attached hydrogen (secondary N) is 2. The van der Waals surface area contributed by atoms with Crippen LogP contribution < -0.4 is 10.6 Å². The summed E-state index contributed by atoms with van der Waals surface area (Å²) >= 11 is 3.40. The molecule has 4 aromatic heterocycles. The summed E-state index contributed by atoms with van der Waals surface area (Å²) < 4.78 is 61.4. The van der Waals surface area contributed by atoms with Crippen LogP contribution >= 0.6 is 15.9 Å². The molecule has 4 heterocycles. The van der Waals surface area contributed by atoms with Crippen molar-refractivity contribution in [3.05, 3.63) is 59.4 Å². The molecule has 4 aromatic rings. The van der Waals surface area contributed by atoms with E-state index in [1.165, 1.54) is 0 Å². The largest absolute Gasteiger partial charge is 0.378 e. The molecule has 0 bridgehead atoms. The van der Waals surface area contributed by atoms with Crippen LogP contribution in [0.15, 0.2) is 36.7 Å². The van der Waals surface area contributed by atoms with Gasteiger partial charge in [0.15, 0.2) is 0 Å². The molecule has 0 saturated heterocycles. The van der Waals surface area contributed by atoms with Crippen molar-refractivity contribution >= 4 is 27.6 Å². The van der Waals surface area contributed by atoms with Crippen molar-refractivity contribution in [3.63, 3.8) is 0 Å². The number of alkyl halides is 5. The Balaban J connectivity index is 0.000000185. The van der Waals surface area contributed by atoms with E-state index >= 15 is 0 Å². The molecule has 2 fully saturated rings. The second-order valence-electron chi connectivity index (χ2n) is 12.0. The second kappa shape index (κ2) is 15.0. The Morgan fingerprint density at radius 2 is 1.17 bits per heavy atom. The lowest BCUT2D eigenvalue weighted by Gasteiger charge is -2.29. The Kier molecular flexibility index (Phi) is 11.1. The van der Waals surface area contributed by atoms with Crippen LogP contribution in [0.5, 0.6) is 0 Å². The van der Waals surface area contributed by atoms with Gasteiger partial charge in [-0.15, -0.1) is 0 Å². The lowest BCUT2D eigenvalue weighted by atomic mass is 9.92. The number of aryl methyl sites for hydroxylation is 2. The molecule has 0 unspecified atom stereocenters. The Hall–Kier alpha value is -3.66. The van der Waals surface area contributed by atoms with Crippen LogP contribution in [-0.4, -0.2) is 70.5 Å². The zero-order valence-corrected chi connectivity index (χ0v) is 28.2. The van der Waals surface area contributed by atoms with E-state index < -0.39 is 11.8 Å². The zero-order valence-electron chi connectivity index (χ0n) is 26.6. The molecule has 2 aliphatic rings. The summed E-state index contributed by atoms with van der Waals surface area (Å²) in [5.74, 6) is -2.91. The van der Waals surface area contributed by atoms with Crippen molar-refractivity contribution in [2.45, 2.75) is 101 Å². The quantitative estimate of drug-likeness (QED) is 0.140. The maximum absolute atomic E-state index is 13.3. The van der Waals surface area contributed by atoms with E-state index in [1.807, 2.05) is 32.0 Å². The summed E-state index contributed by atoms with van der Waals surface area (Å²) in [5.41, 5.74) is 3.26. The van der Waals surface area contributed by atoms with Crippen molar-refractivity contribution < 1.29 is 22.3 Å². The van der Waals surface area contributed by atoms with Gasteiger partial charge in [0.05, 0.1) is 29.4 Å². The Morgan fingerprint density at radius 3 is 1.55 bits per heavy atom. The summed E-state index contributed by atoms with van der Waals surface area (Å²) in [4.78, 5) is 17.8. The number of anilines is 2. The fraction of sp³-hybridized carbons (Fsp3) is 0.548. The molecule has 0 spiro atoms. The maximum atomic E-state index is 13.3. The van der Waals surface area contributed by atoms with Gasteiger partial charge in [-0.05, 0) is 51.7 Å². The Bertz CT molecular complexity index is 1610. The van der Waals surface area contributed by atoms with Crippen LogP contribution in [0.1, 0.15) is 74.1 Å². The van der Waals surface area contributed by atoms with E-state index in [2.05, 4.69) is 56.7 Å². The second-order valence-corrected chi connectivity index (χ2v) is 12.6. The van der Waals surface area contributed by atoms with Crippen LogP contribution in [0.3, 0.4) is 0 Å². The maximum Gasteiger partial charge on any atom is 0.252 e.